The molecular formula is C24H30N4O3. The molecule has 1 atom stereocenters. The predicted molar refractivity (Wildman–Crippen MR) is 121 cm³/mol. The van der Waals surface area contributed by atoms with Crippen molar-refractivity contribution in [2.24, 2.45) is 11.7 Å². The third-order valence-electron chi connectivity index (χ3n) is 5.80. The van der Waals surface area contributed by atoms with E-state index in [4.69, 9.17) is 15.2 Å². The third kappa shape index (κ3) is 5.62. The summed E-state index contributed by atoms with van der Waals surface area (Å²) in [4.78, 5) is 13.6. The van der Waals surface area contributed by atoms with Gasteiger partial charge in [0.05, 0.1) is 18.7 Å². The molecule has 3 aromatic rings. The van der Waals surface area contributed by atoms with Gasteiger partial charge in [0, 0.05) is 43.7 Å². The Morgan fingerprint density at radius 3 is 2.61 bits per heavy atom. The summed E-state index contributed by atoms with van der Waals surface area (Å²) in [5.74, 6) is 0.458. The molecule has 2 aromatic carbocycles. The van der Waals surface area contributed by atoms with Gasteiger partial charge in [-0.15, -0.1) is 0 Å². The molecule has 164 valence electrons. The van der Waals surface area contributed by atoms with Gasteiger partial charge >= 0.3 is 0 Å². The zero-order valence-corrected chi connectivity index (χ0v) is 18.0. The number of nitrogens with two attached hydrogens (primary N) is 1. The second-order valence-electron chi connectivity index (χ2n) is 8.08. The topological polar surface area (TPSA) is 82.6 Å². The van der Waals surface area contributed by atoms with E-state index in [-0.39, 0.29) is 11.8 Å². The summed E-state index contributed by atoms with van der Waals surface area (Å²) in [5, 5.41) is 5.68. The lowest BCUT2D eigenvalue weighted by Crippen LogP contribution is -2.38. The zero-order chi connectivity index (χ0) is 21.6. The van der Waals surface area contributed by atoms with E-state index >= 15 is 0 Å². The van der Waals surface area contributed by atoms with Crippen molar-refractivity contribution in [2.45, 2.75) is 19.9 Å². The number of ether oxygens (including phenoxy) is 2. The fourth-order valence-electron chi connectivity index (χ4n) is 3.70. The first kappa shape index (κ1) is 21.3. The molecule has 0 radical (unpaired) electrons. The van der Waals surface area contributed by atoms with E-state index in [2.05, 4.69) is 34.3 Å². The van der Waals surface area contributed by atoms with Gasteiger partial charge < -0.3 is 15.2 Å². The van der Waals surface area contributed by atoms with Crippen molar-refractivity contribution < 1.29 is 14.3 Å². The maximum absolute atomic E-state index is 11.2. The van der Waals surface area contributed by atoms with Crippen LogP contribution in [0.15, 0.2) is 48.7 Å². The first-order valence-electron chi connectivity index (χ1n) is 10.9. The van der Waals surface area contributed by atoms with Crippen molar-refractivity contribution in [1.29, 1.82) is 0 Å². The van der Waals surface area contributed by atoms with Crippen molar-refractivity contribution >= 4 is 16.8 Å². The molecule has 2 heterocycles. The van der Waals surface area contributed by atoms with Gasteiger partial charge in [-0.1, -0.05) is 25.1 Å². The molecule has 1 fully saturated rings. The molecule has 2 N–H and O–H groups in total. The van der Waals surface area contributed by atoms with Gasteiger partial charge in [-0.2, -0.15) is 5.10 Å². The number of carbonyl (C=O) groups is 1. The zero-order valence-electron chi connectivity index (χ0n) is 18.0. The van der Waals surface area contributed by atoms with Crippen molar-refractivity contribution in [2.75, 3.05) is 39.5 Å². The molecule has 1 aliphatic rings. The molecule has 1 amide bonds. The smallest absolute Gasteiger partial charge is 0.220 e. The van der Waals surface area contributed by atoms with Crippen LogP contribution >= 0.6 is 0 Å². The number of hydrogen-bond donors (Lipinski definition) is 1. The van der Waals surface area contributed by atoms with Crippen LogP contribution in [0.1, 0.15) is 13.3 Å². The van der Waals surface area contributed by atoms with Crippen LogP contribution in [0.2, 0.25) is 0 Å². The Kier molecular flexibility index (Phi) is 6.84. The molecular weight excluding hydrogens is 392 g/mol. The molecule has 1 saturated heterocycles. The number of amides is 1. The minimum atomic E-state index is -0.271. The minimum absolute atomic E-state index is 0.155. The Balaban J connectivity index is 1.35. The number of morpholine rings is 1. The fourth-order valence-corrected chi connectivity index (χ4v) is 3.70. The minimum Gasteiger partial charge on any atom is -0.492 e. The van der Waals surface area contributed by atoms with E-state index in [1.165, 1.54) is 0 Å². The Hall–Kier alpha value is -2.90. The second-order valence-corrected chi connectivity index (χ2v) is 8.08. The molecule has 1 aromatic heterocycles. The lowest BCUT2D eigenvalue weighted by molar-refractivity contribution is -0.121. The number of carbonyl (C=O) groups excluding carboxylic acids is 1. The maximum atomic E-state index is 11.2. The van der Waals surface area contributed by atoms with Crippen LogP contribution in [-0.4, -0.2) is 60.0 Å². The Labute approximate surface area is 182 Å². The van der Waals surface area contributed by atoms with Gasteiger partial charge in [0.1, 0.15) is 12.4 Å². The summed E-state index contributed by atoms with van der Waals surface area (Å²) in [5.41, 5.74) is 8.56. The number of benzene rings is 2. The Morgan fingerprint density at radius 1 is 1.13 bits per heavy atom. The van der Waals surface area contributed by atoms with Crippen molar-refractivity contribution in [3.63, 3.8) is 0 Å². The Bertz CT molecular complexity index is 1010. The summed E-state index contributed by atoms with van der Waals surface area (Å²) in [6.07, 6.45) is 2.71. The van der Waals surface area contributed by atoms with E-state index < -0.39 is 0 Å². The van der Waals surface area contributed by atoms with E-state index in [1.54, 1.807) is 0 Å². The monoisotopic (exact) mass is 422 g/mol. The molecule has 1 aliphatic heterocycles. The summed E-state index contributed by atoms with van der Waals surface area (Å²) < 4.78 is 13.2. The highest BCUT2D eigenvalue weighted by Gasteiger charge is 2.11. The SMILES string of the molecule is CC(CCn1cc2cc(-c3ccc(OCCN4CCOCC4)cc3)ccc2n1)C(N)=O. The van der Waals surface area contributed by atoms with Crippen LogP contribution in [0.5, 0.6) is 5.75 Å². The van der Waals surface area contributed by atoms with Crippen molar-refractivity contribution in [1.82, 2.24) is 14.7 Å². The normalized spacial score (nSPS) is 15.8. The van der Waals surface area contributed by atoms with Crippen LogP contribution in [0.25, 0.3) is 22.0 Å². The molecule has 0 saturated carbocycles. The number of aromatic nitrogens is 2. The van der Waals surface area contributed by atoms with Gasteiger partial charge in [0.25, 0.3) is 0 Å². The maximum Gasteiger partial charge on any atom is 0.220 e. The van der Waals surface area contributed by atoms with E-state index in [0.29, 0.717) is 19.6 Å². The van der Waals surface area contributed by atoms with Gasteiger partial charge in [-0.05, 0) is 41.8 Å². The lowest BCUT2D eigenvalue weighted by atomic mass is 10.0. The number of nitrogens with zero attached hydrogens (tertiary/aromatic N) is 3. The first-order chi connectivity index (χ1) is 15.1. The number of primary amides is 1. The lowest BCUT2D eigenvalue weighted by Gasteiger charge is -2.26. The van der Waals surface area contributed by atoms with Crippen molar-refractivity contribution in [3.05, 3.63) is 48.7 Å². The standard InChI is InChI=1S/C24H30N4O3/c1-18(24(25)29)8-9-28-17-21-16-20(4-7-23(21)26-28)19-2-5-22(6-3-19)31-15-12-27-10-13-30-14-11-27/h2-7,16-18H,8-15H2,1H3,(H2,25,29). The highest BCUT2D eigenvalue weighted by Crippen LogP contribution is 2.26. The summed E-state index contributed by atoms with van der Waals surface area (Å²) >= 11 is 0. The fraction of sp³-hybridized carbons (Fsp3) is 0.417. The molecule has 7 heteroatoms. The van der Waals surface area contributed by atoms with Crippen LogP contribution < -0.4 is 10.5 Å². The predicted octanol–water partition coefficient (Wildman–Crippen LogP) is 2.93. The largest absolute Gasteiger partial charge is 0.492 e. The van der Waals surface area contributed by atoms with Gasteiger partial charge in [0.15, 0.2) is 0 Å². The van der Waals surface area contributed by atoms with Gasteiger partial charge in [-0.25, -0.2) is 0 Å². The molecule has 0 bridgehead atoms. The average Bonchev–Trinajstić information content (AvgIpc) is 3.21. The molecule has 7 nitrogen and oxygen atoms in total. The van der Waals surface area contributed by atoms with Gasteiger partial charge in [0.2, 0.25) is 5.91 Å². The highest BCUT2D eigenvalue weighted by atomic mass is 16.5. The number of rotatable bonds is 9. The third-order valence-corrected chi connectivity index (χ3v) is 5.80. The van der Waals surface area contributed by atoms with Gasteiger partial charge in [-0.3, -0.25) is 14.4 Å². The summed E-state index contributed by atoms with van der Waals surface area (Å²) in [6.45, 7) is 7.69. The van der Waals surface area contributed by atoms with E-state index in [1.807, 2.05) is 36.0 Å². The molecule has 4 rings (SSSR count). The van der Waals surface area contributed by atoms with Crippen LogP contribution in [0, 0.1) is 5.92 Å². The Morgan fingerprint density at radius 2 is 1.87 bits per heavy atom. The number of fused-ring (bicyclic) bond motifs is 1. The molecule has 0 spiro atoms. The quantitative estimate of drug-likeness (QED) is 0.573. The van der Waals surface area contributed by atoms with E-state index in [9.17, 15) is 4.79 Å². The molecule has 0 aliphatic carbocycles. The van der Waals surface area contributed by atoms with Crippen LogP contribution in [-0.2, 0) is 16.1 Å². The van der Waals surface area contributed by atoms with Crippen molar-refractivity contribution in [3.8, 4) is 16.9 Å². The number of aryl methyl sites for hydroxylation is 1. The summed E-state index contributed by atoms with van der Waals surface area (Å²) in [6, 6.07) is 14.5. The van der Waals surface area contributed by atoms with E-state index in [0.717, 1.165) is 60.6 Å². The highest BCUT2D eigenvalue weighted by molar-refractivity contribution is 5.84. The second kappa shape index (κ2) is 9.94. The van der Waals surface area contributed by atoms with Crippen LogP contribution in [0.4, 0.5) is 0 Å². The average molecular weight is 423 g/mol. The first-order valence-corrected chi connectivity index (χ1v) is 10.9. The molecule has 1 unspecified atom stereocenters. The summed E-state index contributed by atoms with van der Waals surface area (Å²) in [7, 11) is 0. The van der Waals surface area contributed by atoms with Crippen LogP contribution in [0.3, 0.4) is 0 Å². The molecule has 31 heavy (non-hydrogen) atoms. The number of hydrogen-bond acceptors (Lipinski definition) is 5.